The fourth-order valence-corrected chi connectivity index (χ4v) is 5.15. The summed E-state index contributed by atoms with van der Waals surface area (Å²) in [6.45, 7) is 4.68. The Hall–Kier alpha value is -2.52. The molecule has 0 saturated carbocycles. The predicted molar refractivity (Wildman–Crippen MR) is 112 cm³/mol. The van der Waals surface area contributed by atoms with Gasteiger partial charge in [0.2, 0.25) is 15.9 Å². The number of fused-ring (bicyclic) bond motifs is 1. The Morgan fingerprint density at radius 2 is 1.80 bits per heavy atom. The normalized spacial score (nSPS) is 14.0. The molecule has 0 aliphatic carbocycles. The highest BCUT2D eigenvalue weighted by Gasteiger charge is 2.24. The first-order chi connectivity index (χ1) is 14.3. The maximum absolute atomic E-state index is 14.3. The van der Waals surface area contributed by atoms with Crippen molar-refractivity contribution in [3.63, 3.8) is 0 Å². The van der Waals surface area contributed by atoms with Crippen molar-refractivity contribution in [2.75, 3.05) is 36.4 Å². The van der Waals surface area contributed by atoms with Crippen LogP contribution in [0.1, 0.15) is 25.8 Å². The first-order valence-electron chi connectivity index (χ1n) is 9.89. The second-order valence-electron chi connectivity index (χ2n) is 7.08. The molecule has 1 N–H and O–H groups in total. The summed E-state index contributed by atoms with van der Waals surface area (Å²) in [6.07, 6.45) is 1.26. The number of hydrogen-bond acceptors (Lipinski definition) is 4. The van der Waals surface area contributed by atoms with E-state index >= 15 is 0 Å². The minimum absolute atomic E-state index is 0.0882. The number of benzene rings is 2. The molecule has 0 fully saturated rings. The molecule has 1 aliphatic heterocycles. The third-order valence-corrected chi connectivity index (χ3v) is 7.18. The monoisotopic (exact) mass is 437 g/mol. The fourth-order valence-electron chi connectivity index (χ4n) is 3.69. The number of rotatable bonds is 7. The molecule has 2 aromatic carbocycles. The van der Waals surface area contributed by atoms with Crippen molar-refractivity contribution in [2.24, 2.45) is 0 Å². The molecule has 0 aromatic heterocycles. The highest BCUT2D eigenvalue weighted by Crippen LogP contribution is 2.31. The van der Waals surface area contributed by atoms with Gasteiger partial charge in [0.15, 0.2) is 0 Å². The molecule has 0 radical (unpaired) electrons. The van der Waals surface area contributed by atoms with Crippen molar-refractivity contribution < 1.29 is 22.0 Å². The number of aryl methyl sites for hydroxylation is 1. The number of sulfonamides is 1. The molecular formula is C21H25F2N3O3S. The quantitative estimate of drug-likeness (QED) is 0.721. The van der Waals surface area contributed by atoms with E-state index in [-0.39, 0.29) is 23.0 Å². The van der Waals surface area contributed by atoms with E-state index in [0.717, 1.165) is 6.07 Å². The van der Waals surface area contributed by atoms with E-state index in [1.165, 1.54) is 34.6 Å². The summed E-state index contributed by atoms with van der Waals surface area (Å²) in [5.41, 5.74) is 1.26. The molecule has 9 heteroatoms. The van der Waals surface area contributed by atoms with Gasteiger partial charge in [-0.3, -0.25) is 4.79 Å². The van der Waals surface area contributed by atoms with Crippen LogP contribution in [-0.2, 0) is 21.2 Å². The molecular weight excluding hydrogens is 412 g/mol. The van der Waals surface area contributed by atoms with Crippen LogP contribution in [0.15, 0.2) is 41.3 Å². The molecule has 0 atom stereocenters. The first-order valence-corrected chi connectivity index (χ1v) is 11.3. The Bertz CT molecular complexity index is 1020. The number of amides is 1. The Morgan fingerprint density at radius 3 is 2.43 bits per heavy atom. The van der Waals surface area contributed by atoms with Gasteiger partial charge >= 0.3 is 0 Å². The summed E-state index contributed by atoms with van der Waals surface area (Å²) in [5, 5.41) is 2.70. The van der Waals surface area contributed by atoms with Crippen LogP contribution in [0.4, 0.5) is 20.2 Å². The lowest BCUT2D eigenvalue weighted by molar-refractivity contribution is -0.115. The summed E-state index contributed by atoms with van der Waals surface area (Å²) in [5.74, 6) is -1.67. The Kier molecular flexibility index (Phi) is 6.72. The number of halogens is 2. The summed E-state index contributed by atoms with van der Waals surface area (Å²) >= 11 is 0. The maximum atomic E-state index is 14.3. The largest absolute Gasteiger partial charge is 0.360 e. The van der Waals surface area contributed by atoms with E-state index in [1.54, 1.807) is 18.7 Å². The van der Waals surface area contributed by atoms with Gasteiger partial charge in [0, 0.05) is 31.4 Å². The Balaban J connectivity index is 1.70. The highest BCUT2D eigenvalue weighted by molar-refractivity contribution is 7.89. The number of hydrogen-bond donors (Lipinski definition) is 1. The van der Waals surface area contributed by atoms with E-state index in [9.17, 15) is 22.0 Å². The van der Waals surface area contributed by atoms with Gasteiger partial charge in [0.25, 0.3) is 0 Å². The second-order valence-corrected chi connectivity index (χ2v) is 9.02. The topological polar surface area (TPSA) is 69.7 Å². The van der Waals surface area contributed by atoms with E-state index in [1.807, 2.05) is 0 Å². The molecule has 1 aliphatic rings. The van der Waals surface area contributed by atoms with Crippen LogP contribution in [0.2, 0.25) is 0 Å². The Morgan fingerprint density at radius 1 is 1.13 bits per heavy atom. The highest BCUT2D eigenvalue weighted by atomic mass is 32.2. The summed E-state index contributed by atoms with van der Waals surface area (Å²) < 4.78 is 54.1. The molecule has 6 nitrogen and oxygen atoms in total. The van der Waals surface area contributed by atoms with Crippen LogP contribution in [0.3, 0.4) is 0 Å². The number of anilines is 2. The number of nitrogens with zero attached hydrogens (tertiary/aromatic N) is 2. The zero-order valence-electron chi connectivity index (χ0n) is 17.0. The van der Waals surface area contributed by atoms with Crippen LogP contribution < -0.4 is 10.2 Å². The van der Waals surface area contributed by atoms with Crippen LogP contribution in [0.5, 0.6) is 0 Å². The average molecular weight is 438 g/mol. The molecule has 0 spiro atoms. The zero-order valence-corrected chi connectivity index (χ0v) is 17.8. The lowest BCUT2D eigenvalue weighted by Gasteiger charge is -2.31. The molecule has 162 valence electrons. The van der Waals surface area contributed by atoms with Crippen molar-refractivity contribution in [1.82, 2.24) is 4.31 Å². The van der Waals surface area contributed by atoms with Gasteiger partial charge in [-0.1, -0.05) is 13.8 Å². The van der Waals surface area contributed by atoms with Crippen molar-refractivity contribution in [1.29, 1.82) is 0 Å². The maximum Gasteiger partial charge on any atom is 0.243 e. The summed E-state index contributed by atoms with van der Waals surface area (Å²) in [6, 6.07) is 8.06. The standard InChI is InChI=1S/C21H25F2N3O3S/c1-3-26(4-2)30(28,29)18-9-7-17(8-10-18)24-20(27)14-25-11-5-6-15-12-16(22)13-19(23)21(15)25/h7-10,12-13H,3-6,11,14H2,1-2H3,(H,24,27). The van der Waals surface area contributed by atoms with Crippen LogP contribution in [-0.4, -0.2) is 44.8 Å². The lowest BCUT2D eigenvalue weighted by Crippen LogP contribution is -2.37. The van der Waals surface area contributed by atoms with Gasteiger partial charge in [0.05, 0.1) is 17.1 Å². The molecule has 3 rings (SSSR count). The molecule has 0 saturated heterocycles. The predicted octanol–water partition coefficient (Wildman–Crippen LogP) is 3.39. The summed E-state index contributed by atoms with van der Waals surface area (Å²) in [4.78, 5) is 14.2. The van der Waals surface area contributed by atoms with Gasteiger partial charge in [-0.2, -0.15) is 4.31 Å². The van der Waals surface area contributed by atoms with Crippen molar-refractivity contribution >= 4 is 27.3 Å². The van der Waals surface area contributed by atoms with Crippen molar-refractivity contribution in [3.8, 4) is 0 Å². The van der Waals surface area contributed by atoms with Crippen molar-refractivity contribution in [2.45, 2.75) is 31.6 Å². The minimum atomic E-state index is -3.57. The third-order valence-electron chi connectivity index (χ3n) is 5.11. The van der Waals surface area contributed by atoms with Gasteiger partial charge in [0.1, 0.15) is 11.6 Å². The molecule has 30 heavy (non-hydrogen) atoms. The third kappa shape index (κ3) is 4.62. The smallest absolute Gasteiger partial charge is 0.243 e. The van der Waals surface area contributed by atoms with E-state index in [4.69, 9.17) is 0 Å². The van der Waals surface area contributed by atoms with E-state index in [2.05, 4.69) is 5.32 Å². The fraction of sp³-hybridized carbons (Fsp3) is 0.381. The first kappa shape index (κ1) is 22.2. The summed E-state index contributed by atoms with van der Waals surface area (Å²) in [7, 11) is -3.57. The lowest BCUT2D eigenvalue weighted by atomic mass is 10.0. The van der Waals surface area contributed by atoms with Gasteiger partial charge in [-0.15, -0.1) is 0 Å². The molecule has 1 amide bonds. The average Bonchev–Trinajstić information content (AvgIpc) is 2.68. The van der Waals surface area contributed by atoms with E-state index in [0.29, 0.717) is 43.7 Å². The van der Waals surface area contributed by atoms with Gasteiger partial charge in [-0.25, -0.2) is 17.2 Å². The molecule has 2 aromatic rings. The molecule has 1 heterocycles. The SMILES string of the molecule is CCN(CC)S(=O)(=O)c1ccc(NC(=O)CN2CCCc3cc(F)cc(F)c32)cc1. The number of carbonyl (C=O) groups is 1. The number of nitrogens with one attached hydrogen (secondary N) is 1. The van der Waals surface area contributed by atoms with Crippen LogP contribution >= 0.6 is 0 Å². The van der Waals surface area contributed by atoms with E-state index < -0.39 is 21.7 Å². The minimum Gasteiger partial charge on any atom is -0.360 e. The molecule has 0 bridgehead atoms. The zero-order chi connectivity index (χ0) is 21.9. The van der Waals surface area contributed by atoms with Crippen LogP contribution in [0.25, 0.3) is 0 Å². The van der Waals surface area contributed by atoms with Crippen LogP contribution in [0, 0.1) is 11.6 Å². The Labute approximate surface area is 175 Å². The van der Waals surface area contributed by atoms with Gasteiger partial charge in [-0.05, 0) is 48.7 Å². The molecule has 0 unspecified atom stereocenters. The van der Waals surface area contributed by atoms with Crippen molar-refractivity contribution in [3.05, 3.63) is 53.6 Å². The second kappa shape index (κ2) is 9.09. The number of carbonyl (C=O) groups excluding carboxylic acids is 1. The van der Waals surface area contributed by atoms with Gasteiger partial charge < -0.3 is 10.2 Å².